The summed E-state index contributed by atoms with van der Waals surface area (Å²) in [6.45, 7) is 1.97. The second-order valence-corrected chi connectivity index (χ2v) is 4.77. The SMILES string of the molecule is Cc1cc(CC(=O)n2ccc3cc(N)ccc32)c[nH]1. The molecule has 0 unspecified atom stereocenters. The molecule has 2 heterocycles. The summed E-state index contributed by atoms with van der Waals surface area (Å²) < 4.78 is 1.68. The minimum atomic E-state index is 0.0544. The molecule has 1 aromatic carbocycles. The molecular formula is C15H15N3O. The Morgan fingerprint density at radius 1 is 1.32 bits per heavy atom. The summed E-state index contributed by atoms with van der Waals surface area (Å²) in [6.07, 6.45) is 4.06. The summed E-state index contributed by atoms with van der Waals surface area (Å²) in [5, 5.41) is 0.985. The van der Waals surface area contributed by atoms with Gasteiger partial charge in [0.1, 0.15) is 0 Å². The second-order valence-electron chi connectivity index (χ2n) is 4.77. The van der Waals surface area contributed by atoms with E-state index in [1.165, 1.54) is 0 Å². The molecular weight excluding hydrogens is 238 g/mol. The van der Waals surface area contributed by atoms with Gasteiger partial charge in [0.25, 0.3) is 0 Å². The summed E-state index contributed by atoms with van der Waals surface area (Å²) >= 11 is 0. The summed E-state index contributed by atoms with van der Waals surface area (Å²) in [7, 11) is 0. The smallest absolute Gasteiger partial charge is 0.235 e. The fourth-order valence-corrected chi connectivity index (χ4v) is 2.31. The van der Waals surface area contributed by atoms with Crippen molar-refractivity contribution in [3.63, 3.8) is 0 Å². The van der Waals surface area contributed by atoms with Crippen LogP contribution in [0.3, 0.4) is 0 Å². The number of benzene rings is 1. The van der Waals surface area contributed by atoms with E-state index in [1.54, 1.807) is 10.8 Å². The van der Waals surface area contributed by atoms with E-state index in [1.807, 2.05) is 43.5 Å². The van der Waals surface area contributed by atoms with E-state index in [4.69, 9.17) is 5.73 Å². The van der Waals surface area contributed by atoms with Gasteiger partial charge in [0, 0.05) is 29.2 Å². The van der Waals surface area contributed by atoms with E-state index in [0.717, 1.165) is 22.2 Å². The van der Waals surface area contributed by atoms with E-state index < -0.39 is 0 Å². The number of carbonyl (C=O) groups is 1. The number of carbonyl (C=O) groups excluding carboxylic acids is 1. The first kappa shape index (κ1) is 11.6. The number of anilines is 1. The molecule has 0 aliphatic carbocycles. The van der Waals surface area contributed by atoms with E-state index in [9.17, 15) is 4.79 Å². The Morgan fingerprint density at radius 2 is 2.16 bits per heavy atom. The van der Waals surface area contributed by atoms with Crippen molar-refractivity contribution in [3.05, 3.63) is 54.0 Å². The van der Waals surface area contributed by atoms with Gasteiger partial charge in [-0.05, 0) is 42.8 Å². The summed E-state index contributed by atoms with van der Waals surface area (Å²) in [5.74, 6) is 0.0544. The first-order valence-corrected chi connectivity index (χ1v) is 6.17. The Kier molecular flexibility index (Phi) is 2.63. The van der Waals surface area contributed by atoms with Crippen LogP contribution in [0.2, 0.25) is 0 Å². The lowest BCUT2D eigenvalue weighted by molar-refractivity contribution is 0.0919. The number of aromatic nitrogens is 2. The molecule has 0 atom stereocenters. The van der Waals surface area contributed by atoms with Crippen LogP contribution in [0, 0.1) is 6.92 Å². The lowest BCUT2D eigenvalue weighted by Crippen LogP contribution is -2.11. The fraction of sp³-hybridized carbons (Fsp3) is 0.133. The molecule has 3 aromatic rings. The number of hydrogen-bond acceptors (Lipinski definition) is 2. The van der Waals surface area contributed by atoms with Crippen molar-refractivity contribution in [1.29, 1.82) is 0 Å². The van der Waals surface area contributed by atoms with Gasteiger partial charge in [0.15, 0.2) is 0 Å². The van der Waals surface area contributed by atoms with Crippen LogP contribution in [0.25, 0.3) is 10.9 Å². The van der Waals surface area contributed by atoms with Crippen molar-refractivity contribution in [2.45, 2.75) is 13.3 Å². The quantitative estimate of drug-likeness (QED) is 0.690. The number of aryl methyl sites for hydroxylation is 1. The number of aromatic amines is 1. The van der Waals surface area contributed by atoms with E-state index >= 15 is 0 Å². The Morgan fingerprint density at radius 3 is 2.89 bits per heavy atom. The Balaban J connectivity index is 1.93. The molecule has 2 aromatic heterocycles. The molecule has 4 heteroatoms. The van der Waals surface area contributed by atoms with Crippen LogP contribution in [0.1, 0.15) is 16.1 Å². The average molecular weight is 253 g/mol. The zero-order chi connectivity index (χ0) is 13.4. The molecule has 4 nitrogen and oxygen atoms in total. The number of nitrogens with zero attached hydrogens (tertiary/aromatic N) is 1. The fourth-order valence-electron chi connectivity index (χ4n) is 2.31. The Hall–Kier alpha value is -2.49. The predicted molar refractivity (Wildman–Crippen MR) is 76.2 cm³/mol. The van der Waals surface area contributed by atoms with Crippen LogP contribution in [-0.4, -0.2) is 15.5 Å². The minimum Gasteiger partial charge on any atom is -0.399 e. The lowest BCUT2D eigenvalue weighted by Gasteiger charge is -2.03. The number of nitrogens with two attached hydrogens (primary N) is 1. The van der Waals surface area contributed by atoms with Gasteiger partial charge in [0.2, 0.25) is 5.91 Å². The van der Waals surface area contributed by atoms with Gasteiger partial charge in [0.05, 0.1) is 11.9 Å². The van der Waals surface area contributed by atoms with Gasteiger partial charge in [-0.3, -0.25) is 9.36 Å². The number of fused-ring (bicyclic) bond motifs is 1. The van der Waals surface area contributed by atoms with E-state index in [2.05, 4.69) is 4.98 Å². The zero-order valence-corrected chi connectivity index (χ0v) is 10.7. The maximum Gasteiger partial charge on any atom is 0.235 e. The van der Waals surface area contributed by atoms with Crippen LogP contribution in [0.4, 0.5) is 5.69 Å². The summed E-state index contributed by atoms with van der Waals surface area (Å²) in [5.41, 5.74) is 9.40. The average Bonchev–Trinajstić information content (AvgIpc) is 2.95. The molecule has 0 aliphatic heterocycles. The van der Waals surface area contributed by atoms with Gasteiger partial charge >= 0.3 is 0 Å². The highest BCUT2D eigenvalue weighted by Gasteiger charge is 2.10. The molecule has 3 rings (SSSR count). The maximum atomic E-state index is 12.3. The first-order valence-electron chi connectivity index (χ1n) is 6.17. The largest absolute Gasteiger partial charge is 0.399 e. The second kappa shape index (κ2) is 4.31. The Bertz CT molecular complexity index is 752. The maximum absolute atomic E-state index is 12.3. The van der Waals surface area contributed by atoms with Crippen molar-refractivity contribution in [3.8, 4) is 0 Å². The minimum absolute atomic E-state index is 0.0544. The summed E-state index contributed by atoms with van der Waals surface area (Å²) in [4.78, 5) is 15.4. The molecule has 96 valence electrons. The van der Waals surface area contributed by atoms with Crippen molar-refractivity contribution in [2.24, 2.45) is 0 Å². The normalized spacial score (nSPS) is 11.0. The topological polar surface area (TPSA) is 63.8 Å². The molecule has 0 saturated heterocycles. The molecule has 0 bridgehead atoms. The highest BCUT2D eigenvalue weighted by molar-refractivity contribution is 5.94. The van der Waals surface area contributed by atoms with Crippen LogP contribution in [-0.2, 0) is 6.42 Å². The number of nitrogen functional groups attached to an aromatic ring is 1. The summed E-state index contributed by atoms with van der Waals surface area (Å²) in [6, 6.07) is 9.46. The van der Waals surface area contributed by atoms with Crippen molar-refractivity contribution in [1.82, 2.24) is 9.55 Å². The van der Waals surface area contributed by atoms with Gasteiger partial charge in [-0.15, -0.1) is 0 Å². The number of rotatable bonds is 2. The van der Waals surface area contributed by atoms with Crippen LogP contribution in [0.15, 0.2) is 42.7 Å². The van der Waals surface area contributed by atoms with E-state index in [-0.39, 0.29) is 5.91 Å². The third-order valence-electron chi connectivity index (χ3n) is 3.23. The molecule has 19 heavy (non-hydrogen) atoms. The van der Waals surface area contributed by atoms with Gasteiger partial charge in [-0.25, -0.2) is 0 Å². The van der Waals surface area contributed by atoms with Crippen LogP contribution < -0.4 is 5.73 Å². The third-order valence-corrected chi connectivity index (χ3v) is 3.23. The standard InChI is InChI=1S/C15H15N3O/c1-10-6-11(9-17-10)7-15(19)18-5-4-12-8-13(16)2-3-14(12)18/h2-6,8-9,17H,7,16H2,1H3. The predicted octanol–water partition coefficient (Wildman–Crippen LogP) is 2.74. The monoisotopic (exact) mass is 253 g/mol. The molecule has 0 fully saturated rings. The molecule has 0 saturated carbocycles. The highest BCUT2D eigenvalue weighted by atomic mass is 16.2. The van der Waals surface area contributed by atoms with Crippen molar-refractivity contribution >= 4 is 22.5 Å². The first-order chi connectivity index (χ1) is 9.13. The molecule has 0 radical (unpaired) electrons. The molecule has 0 aliphatic rings. The van der Waals surface area contributed by atoms with Gasteiger partial charge < -0.3 is 10.7 Å². The van der Waals surface area contributed by atoms with Crippen molar-refractivity contribution < 1.29 is 4.79 Å². The third kappa shape index (κ3) is 2.12. The molecule has 3 N–H and O–H groups in total. The number of H-pyrrole nitrogens is 1. The number of hydrogen-bond donors (Lipinski definition) is 2. The highest BCUT2D eigenvalue weighted by Crippen LogP contribution is 2.19. The van der Waals surface area contributed by atoms with Gasteiger partial charge in [-0.1, -0.05) is 0 Å². The molecule has 0 amide bonds. The van der Waals surface area contributed by atoms with Crippen LogP contribution >= 0.6 is 0 Å². The lowest BCUT2D eigenvalue weighted by atomic mass is 10.2. The van der Waals surface area contributed by atoms with Crippen LogP contribution in [0.5, 0.6) is 0 Å². The zero-order valence-electron chi connectivity index (χ0n) is 10.7. The number of nitrogens with one attached hydrogen (secondary N) is 1. The molecule has 0 spiro atoms. The van der Waals surface area contributed by atoms with Crippen molar-refractivity contribution in [2.75, 3.05) is 5.73 Å². The Labute approximate surface area is 110 Å². The van der Waals surface area contributed by atoms with Gasteiger partial charge in [-0.2, -0.15) is 0 Å². The van der Waals surface area contributed by atoms with E-state index in [0.29, 0.717) is 12.1 Å².